The zero-order valence-electron chi connectivity index (χ0n) is 17.5. The van der Waals surface area contributed by atoms with Crippen molar-refractivity contribution in [3.05, 3.63) is 95.6 Å². The lowest BCUT2D eigenvalue weighted by Gasteiger charge is -2.19. The zero-order chi connectivity index (χ0) is 24.0. The Morgan fingerprint density at radius 3 is 1.21 bits per heavy atom. The molecule has 2 aromatic heterocycles. The van der Waals surface area contributed by atoms with Gasteiger partial charge >= 0.3 is 12.4 Å². The Kier molecular flexibility index (Phi) is 5.34. The third-order valence-corrected chi connectivity index (χ3v) is 5.28. The van der Waals surface area contributed by atoms with Crippen molar-refractivity contribution < 1.29 is 26.3 Å². The first-order valence-electron chi connectivity index (χ1n) is 9.85. The minimum atomic E-state index is -4.72. The number of hydrogen-bond acceptors (Lipinski definition) is 2. The number of hydrogen-bond donors (Lipinski definition) is 0. The molecule has 0 saturated heterocycles. The third kappa shape index (κ3) is 4.24. The second-order valence-corrected chi connectivity index (χ2v) is 7.94. The van der Waals surface area contributed by atoms with Crippen LogP contribution in [0.5, 0.6) is 0 Å². The fourth-order valence-corrected chi connectivity index (χ4v) is 3.44. The lowest BCUT2D eigenvalue weighted by atomic mass is 9.85. The Labute approximate surface area is 185 Å². The van der Waals surface area contributed by atoms with E-state index in [1.165, 1.54) is 38.1 Å². The maximum absolute atomic E-state index is 13.8. The van der Waals surface area contributed by atoms with Gasteiger partial charge in [-0.25, -0.2) is 9.36 Å². The Bertz CT molecular complexity index is 1150. The van der Waals surface area contributed by atoms with E-state index < -0.39 is 29.2 Å². The van der Waals surface area contributed by atoms with Crippen LogP contribution < -0.4 is 0 Å². The largest absolute Gasteiger partial charge is 0.433 e. The summed E-state index contributed by atoms with van der Waals surface area (Å²) >= 11 is 0. The molecule has 0 amide bonds. The van der Waals surface area contributed by atoms with Crippen LogP contribution in [-0.2, 0) is 17.8 Å². The van der Waals surface area contributed by atoms with Crippen molar-refractivity contribution in [2.75, 3.05) is 0 Å². The van der Waals surface area contributed by atoms with E-state index in [2.05, 4.69) is 10.2 Å². The van der Waals surface area contributed by atoms with Crippen LogP contribution in [0.25, 0.3) is 11.4 Å². The molecule has 0 aliphatic rings. The number of para-hydroxylation sites is 2. The van der Waals surface area contributed by atoms with Gasteiger partial charge in [-0.3, -0.25) is 0 Å². The molecular weight excluding hydrogens is 446 g/mol. The van der Waals surface area contributed by atoms with Crippen LogP contribution in [0.4, 0.5) is 26.3 Å². The van der Waals surface area contributed by atoms with Gasteiger partial charge in [0.25, 0.3) is 0 Å². The molecule has 10 heteroatoms. The highest BCUT2D eigenvalue weighted by Crippen LogP contribution is 2.39. The van der Waals surface area contributed by atoms with E-state index >= 15 is 0 Å². The van der Waals surface area contributed by atoms with E-state index in [4.69, 9.17) is 0 Å². The number of rotatable bonds is 4. The topological polar surface area (TPSA) is 35.6 Å². The van der Waals surface area contributed by atoms with Crippen LogP contribution in [0, 0.1) is 0 Å². The van der Waals surface area contributed by atoms with Crippen molar-refractivity contribution >= 4 is 0 Å². The van der Waals surface area contributed by atoms with E-state index in [1.54, 1.807) is 36.4 Å². The number of alkyl halides is 6. The van der Waals surface area contributed by atoms with Crippen LogP contribution in [0.15, 0.2) is 72.8 Å². The summed E-state index contributed by atoms with van der Waals surface area (Å²) in [4.78, 5) is 0. The molecule has 0 fully saturated rings. The van der Waals surface area contributed by atoms with Gasteiger partial charge in [0.15, 0.2) is 0 Å². The number of benzene rings is 2. The van der Waals surface area contributed by atoms with Gasteiger partial charge in [0.2, 0.25) is 0 Å². The Morgan fingerprint density at radius 2 is 0.909 bits per heavy atom. The predicted molar refractivity (Wildman–Crippen MR) is 109 cm³/mol. The first-order chi connectivity index (χ1) is 15.4. The molecule has 0 radical (unpaired) electrons. The molecule has 0 aliphatic carbocycles. The molecule has 0 spiro atoms. The smallest absolute Gasteiger partial charge is 0.228 e. The highest BCUT2D eigenvalue weighted by atomic mass is 19.4. The third-order valence-electron chi connectivity index (χ3n) is 5.28. The van der Waals surface area contributed by atoms with Gasteiger partial charge in [-0.1, -0.05) is 36.4 Å². The summed E-state index contributed by atoms with van der Waals surface area (Å²) in [6, 6.07) is 17.1. The first kappa shape index (κ1) is 22.6. The van der Waals surface area contributed by atoms with E-state index in [0.717, 1.165) is 21.5 Å². The molecular formula is C23H18F6N4. The first-order valence-corrected chi connectivity index (χ1v) is 9.85. The molecule has 2 aromatic carbocycles. The van der Waals surface area contributed by atoms with E-state index in [9.17, 15) is 26.3 Å². The van der Waals surface area contributed by atoms with Crippen molar-refractivity contribution in [1.82, 2.24) is 19.6 Å². The molecule has 0 N–H and O–H groups in total. The molecule has 2 heterocycles. The molecule has 4 nitrogen and oxygen atoms in total. The number of aromatic nitrogens is 4. The quantitative estimate of drug-likeness (QED) is 0.327. The Morgan fingerprint density at radius 1 is 0.576 bits per heavy atom. The molecule has 0 bridgehead atoms. The minimum Gasteiger partial charge on any atom is -0.228 e. The van der Waals surface area contributed by atoms with E-state index in [-0.39, 0.29) is 22.8 Å². The van der Waals surface area contributed by atoms with Gasteiger partial charge in [-0.2, -0.15) is 36.5 Å². The second kappa shape index (κ2) is 7.79. The van der Waals surface area contributed by atoms with Crippen molar-refractivity contribution in [3.63, 3.8) is 0 Å². The minimum absolute atomic E-state index is 0.0647. The van der Waals surface area contributed by atoms with Crippen LogP contribution in [0.3, 0.4) is 0 Å². The van der Waals surface area contributed by atoms with E-state index in [0.29, 0.717) is 0 Å². The summed E-state index contributed by atoms with van der Waals surface area (Å²) in [6.07, 6.45) is -9.45. The van der Waals surface area contributed by atoms with Crippen molar-refractivity contribution in [1.29, 1.82) is 0 Å². The maximum Gasteiger partial charge on any atom is 0.433 e. The fourth-order valence-electron chi connectivity index (χ4n) is 3.44. The molecule has 0 atom stereocenters. The maximum atomic E-state index is 13.8. The predicted octanol–water partition coefficient (Wildman–Crippen LogP) is 6.42. The molecule has 172 valence electrons. The van der Waals surface area contributed by atoms with Gasteiger partial charge in [0.1, 0.15) is 11.4 Å². The van der Waals surface area contributed by atoms with Gasteiger partial charge in [-0.15, -0.1) is 0 Å². The van der Waals surface area contributed by atoms with Crippen LogP contribution in [-0.4, -0.2) is 19.6 Å². The summed E-state index contributed by atoms with van der Waals surface area (Å²) in [5.74, 6) is 0. The van der Waals surface area contributed by atoms with Crippen LogP contribution in [0.2, 0.25) is 0 Å². The average molecular weight is 464 g/mol. The molecule has 0 saturated carbocycles. The number of nitrogens with zero attached hydrogens (tertiary/aromatic N) is 4. The highest BCUT2D eigenvalue weighted by Gasteiger charge is 2.42. The van der Waals surface area contributed by atoms with Crippen LogP contribution in [0.1, 0.15) is 36.6 Å². The number of halogens is 6. The van der Waals surface area contributed by atoms with Crippen molar-refractivity contribution in [2.24, 2.45) is 0 Å². The summed E-state index contributed by atoms with van der Waals surface area (Å²) in [6.45, 7) is 2.98. The normalized spacial score (nSPS) is 12.8. The van der Waals surface area contributed by atoms with Crippen LogP contribution >= 0.6 is 0 Å². The molecule has 0 unspecified atom stereocenters. The second-order valence-electron chi connectivity index (χ2n) is 7.94. The zero-order valence-corrected chi connectivity index (χ0v) is 17.5. The lowest BCUT2D eigenvalue weighted by molar-refractivity contribution is -0.143. The van der Waals surface area contributed by atoms with Gasteiger partial charge in [-0.05, 0) is 50.2 Å². The molecule has 0 aliphatic heterocycles. The molecule has 4 aromatic rings. The highest BCUT2D eigenvalue weighted by molar-refractivity contribution is 5.40. The summed E-state index contributed by atoms with van der Waals surface area (Å²) < 4.78 is 84.0. The van der Waals surface area contributed by atoms with Gasteiger partial charge in [0, 0.05) is 0 Å². The Hall–Kier alpha value is -3.56. The van der Waals surface area contributed by atoms with Gasteiger partial charge < -0.3 is 0 Å². The fraction of sp³-hybridized carbons (Fsp3) is 0.217. The molecule has 4 rings (SSSR count). The van der Waals surface area contributed by atoms with Gasteiger partial charge in [0.05, 0.1) is 28.2 Å². The molecule has 33 heavy (non-hydrogen) atoms. The Balaban J connectivity index is 1.87. The standard InChI is InChI=1S/C23H18F6N4/c1-21(2,17-13-19(22(24,25)26)32(30-17)15-9-5-3-6-10-15)18-14-20(23(27,28)29)33(31-18)16-11-7-4-8-12-16/h3-14H,1-2H3. The summed E-state index contributed by atoms with van der Waals surface area (Å²) in [5, 5.41) is 8.27. The van der Waals surface area contributed by atoms with Crippen molar-refractivity contribution in [3.8, 4) is 11.4 Å². The average Bonchev–Trinajstić information content (AvgIpc) is 3.41. The summed E-state index contributed by atoms with van der Waals surface area (Å²) in [5.41, 5.74) is -3.20. The van der Waals surface area contributed by atoms with Crippen molar-refractivity contribution in [2.45, 2.75) is 31.6 Å². The lowest BCUT2D eigenvalue weighted by Crippen LogP contribution is -2.21. The SMILES string of the molecule is CC(C)(c1cc(C(F)(F)F)n(-c2ccccc2)n1)c1cc(C(F)(F)F)n(-c2ccccc2)n1. The monoisotopic (exact) mass is 464 g/mol. The summed E-state index contributed by atoms with van der Waals surface area (Å²) in [7, 11) is 0. The van der Waals surface area contributed by atoms with E-state index in [1.807, 2.05) is 0 Å².